The Hall–Kier alpha value is -1.36. The van der Waals surface area contributed by atoms with Gasteiger partial charge in [0.05, 0.1) is 17.1 Å². The summed E-state index contributed by atoms with van der Waals surface area (Å²) in [5, 5.41) is 8.89. The van der Waals surface area contributed by atoms with Gasteiger partial charge in [-0.05, 0) is 23.6 Å². The molecule has 0 atom stereocenters. The van der Waals surface area contributed by atoms with Crippen molar-refractivity contribution in [1.82, 2.24) is 0 Å². The molecule has 0 amide bonds. The van der Waals surface area contributed by atoms with Crippen LogP contribution in [0.2, 0.25) is 0 Å². The second-order valence-electron chi connectivity index (χ2n) is 5.35. The fourth-order valence-corrected chi connectivity index (χ4v) is 3.89. The van der Waals surface area contributed by atoms with Gasteiger partial charge in [0.25, 0.3) is 0 Å². The number of carboxylic acid groups (broad SMARTS) is 1. The SMILES string of the molecule is CC(C)(CC(=O)O)c1ccc2c(c1)S(=O)(=O)CC2. The van der Waals surface area contributed by atoms with Crippen LogP contribution in [-0.4, -0.2) is 25.2 Å². The third-order valence-electron chi connectivity index (χ3n) is 3.42. The minimum Gasteiger partial charge on any atom is -0.481 e. The van der Waals surface area contributed by atoms with E-state index in [-0.39, 0.29) is 12.2 Å². The Bertz CT molecular complexity index is 599. The quantitative estimate of drug-likeness (QED) is 0.907. The summed E-state index contributed by atoms with van der Waals surface area (Å²) in [6.45, 7) is 3.62. The molecular weight excluding hydrogens is 252 g/mol. The summed E-state index contributed by atoms with van der Waals surface area (Å²) in [6.07, 6.45) is 0.531. The summed E-state index contributed by atoms with van der Waals surface area (Å²) in [5.74, 6) is -0.728. The highest BCUT2D eigenvalue weighted by Gasteiger charge is 2.30. The first-order valence-corrected chi connectivity index (χ1v) is 7.45. The largest absolute Gasteiger partial charge is 0.481 e. The van der Waals surface area contributed by atoms with Crippen molar-refractivity contribution >= 4 is 15.8 Å². The molecule has 5 heteroatoms. The van der Waals surface area contributed by atoms with Gasteiger partial charge in [-0.2, -0.15) is 0 Å². The molecule has 0 radical (unpaired) electrons. The zero-order chi connectivity index (χ0) is 13.6. The van der Waals surface area contributed by atoms with Gasteiger partial charge in [-0.15, -0.1) is 0 Å². The number of rotatable bonds is 3. The number of carbonyl (C=O) groups is 1. The lowest BCUT2D eigenvalue weighted by Crippen LogP contribution is -2.22. The van der Waals surface area contributed by atoms with Gasteiger partial charge < -0.3 is 5.11 Å². The summed E-state index contributed by atoms with van der Waals surface area (Å²) < 4.78 is 23.7. The Morgan fingerprint density at radius 3 is 2.67 bits per heavy atom. The summed E-state index contributed by atoms with van der Waals surface area (Å²) in [7, 11) is -3.16. The fourth-order valence-electron chi connectivity index (χ4n) is 2.31. The third kappa shape index (κ3) is 2.27. The average molecular weight is 268 g/mol. The van der Waals surface area contributed by atoms with Crippen LogP contribution in [0.25, 0.3) is 0 Å². The second-order valence-corrected chi connectivity index (χ2v) is 7.42. The van der Waals surface area contributed by atoms with Gasteiger partial charge in [-0.25, -0.2) is 8.42 Å². The first-order chi connectivity index (χ1) is 8.22. The van der Waals surface area contributed by atoms with Crippen molar-refractivity contribution in [3.63, 3.8) is 0 Å². The average Bonchev–Trinajstić information content (AvgIpc) is 2.53. The number of sulfone groups is 1. The van der Waals surface area contributed by atoms with E-state index in [1.54, 1.807) is 12.1 Å². The van der Waals surface area contributed by atoms with E-state index in [0.717, 1.165) is 11.1 Å². The second kappa shape index (κ2) is 4.09. The lowest BCUT2D eigenvalue weighted by molar-refractivity contribution is -0.138. The molecule has 0 bridgehead atoms. The maximum atomic E-state index is 11.8. The zero-order valence-corrected chi connectivity index (χ0v) is 11.3. The van der Waals surface area contributed by atoms with E-state index in [9.17, 15) is 13.2 Å². The number of hydrogen-bond donors (Lipinski definition) is 1. The first-order valence-electron chi connectivity index (χ1n) is 5.80. The van der Waals surface area contributed by atoms with Gasteiger partial charge in [0.1, 0.15) is 0 Å². The molecule has 98 valence electrons. The first kappa shape index (κ1) is 13.1. The summed E-state index contributed by atoms with van der Waals surface area (Å²) in [4.78, 5) is 11.2. The Balaban J connectivity index is 2.47. The van der Waals surface area contributed by atoms with Crippen LogP contribution in [-0.2, 0) is 26.5 Å². The molecule has 0 unspecified atom stereocenters. The van der Waals surface area contributed by atoms with Gasteiger partial charge in [-0.1, -0.05) is 26.0 Å². The molecule has 1 aromatic carbocycles. The van der Waals surface area contributed by atoms with Crippen molar-refractivity contribution in [1.29, 1.82) is 0 Å². The Kier molecular flexibility index (Phi) is 2.97. The van der Waals surface area contributed by atoms with E-state index in [1.807, 2.05) is 19.9 Å². The lowest BCUT2D eigenvalue weighted by atomic mass is 9.81. The van der Waals surface area contributed by atoms with Crippen LogP contribution in [0.15, 0.2) is 23.1 Å². The Morgan fingerprint density at radius 2 is 2.06 bits per heavy atom. The molecule has 0 aliphatic carbocycles. The Morgan fingerprint density at radius 1 is 1.39 bits per heavy atom. The molecule has 2 rings (SSSR count). The molecule has 1 aliphatic heterocycles. The molecule has 0 fully saturated rings. The van der Waals surface area contributed by atoms with Crippen LogP contribution in [0, 0.1) is 0 Å². The molecule has 1 N–H and O–H groups in total. The van der Waals surface area contributed by atoms with E-state index in [1.165, 1.54) is 0 Å². The van der Waals surface area contributed by atoms with E-state index in [4.69, 9.17) is 5.11 Å². The van der Waals surface area contributed by atoms with Crippen LogP contribution in [0.4, 0.5) is 0 Å². The van der Waals surface area contributed by atoms with Crippen LogP contribution in [0.5, 0.6) is 0 Å². The number of hydrogen-bond acceptors (Lipinski definition) is 3. The van der Waals surface area contributed by atoms with Crippen molar-refractivity contribution in [3.05, 3.63) is 29.3 Å². The lowest BCUT2D eigenvalue weighted by Gasteiger charge is -2.23. The highest BCUT2D eigenvalue weighted by molar-refractivity contribution is 7.91. The number of aliphatic carboxylic acids is 1. The molecular formula is C13H16O4S. The number of benzene rings is 1. The van der Waals surface area contributed by atoms with Crippen LogP contribution in [0.3, 0.4) is 0 Å². The van der Waals surface area contributed by atoms with Crippen LogP contribution < -0.4 is 0 Å². The number of fused-ring (bicyclic) bond motifs is 1. The van der Waals surface area contributed by atoms with E-state index in [2.05, 4.69) is 0 Å². The smallest absolute Gasteiger partial charge is 0.304 e. The normalized spacial score (nSPS) is 17.4. The predicted molar refractivity (Wildman–Crippen MR) is 67.5 cm³/mol. The van der Waals surface area contributed by atoms with Gasteiger partial charge in [0.15, 0.2) is 9.84 Å². The van der Waals surface area contributed by atoms with E-state index < -0.39 is 21.2 Å². The van der Waals surface area contributed by atoms with Crippen molar-refractivity contribution in [3.8, 4) is 0 Å². The zero-order valence-electron chi connectivity index (χ0n) is 10.4. The molecule has 1 heterocycles. The highest BCUT2D eigenvalue weighted by Crippen LogP contribution is 2.33. The predicted octanol–water partition coefficient (Wildman–Crippen LogP) is 1.77. The summed E-state index contributed by atoms with van der Waals surface area (Å²) in [6, 6.07) is 5.28. The van der Waals surface area contributed by atoms with Crippen molar-refractivity contribution in [2.75, 3.05) is 5.75 Å². The van der Waals surface area contributed by atoms with Gasteiger partial charge in [0.2, 0.25) is 0 Å². The molecule has 0 aromatic heterocycles. The number of carboxylic acids is 1. The molecule has 0 spiro atoms. The minimum absolute atomic E-state index is 0.0220. The molecule has 0 saturated heterocycles. The molecule has 18 heavy (non-hydrogen) atoms. The maximum Gasteiger partial charge on any atom is 0.304 e. The summed E-state index contributed by atoms with van der Waals surface area (Å²) >= 11 is 0. The summed E-state index contributed by atoms with van der Waals surface area (Å²) in [5.41, 5.74) is 1.03. The monoisotopic (exact) mass is 268 g/mol. The number of aryl methyl sites for hydroxylation is 1. The van der Waals surface area contributed by atoms with Gasteiger partial charge in [0, 0.05) is 5.41 Å². The minimum atomic E-state index is -3.16. The highest BCUT2D eigenvalue weighted by atomic mass is 32.2. The maximum absolute atomic E-state index is 11.8. The topological polar surface area (TPSA) is 71.4 Å². The van der Waals surface area contributed by atoms with Crippen LogP contribution >= 0.6 is 0 Å². The third-order valence-corrected chi connectivity index (χ3v) is 5.21. The van der Waals surface area contributed by atoms with Gasteiger partial charge >= 0.3 is 5.97 Å². The molecule has 0 saturated carbocycles. The molecule has 4 nitrogen and oxygen atoms in total. The standard InChI is InChI=1S/C13H16O4S/c1-13(2,8-12(14)15)10-4-3-9-5-6-18(16,17)11(9)7-10/h3-4,7H,5-6,8H2,1-2H3,(H,14,15). The van der Waals surface area contributed by atoms with Crippen molar-refractivity contribution in [2.24, 2.45) is 0 Å². The van der Waals surface area contributed by atoms with Gasteiger partial charge in [-0.3, -0.25) is 4.79 Å². The van der Waals surface area contributed by atoms with Crippen LogP contribution in [0.1, 0.15) is 31.4 Å². The molecule has 1 aromatic rings. The fraction of sp³-hybridized carbons (Fsp3) is 0.462. The van der Waals surface area contributed by atoms with E-state index in [0.29, 0.717) is 11.3 Å². The Labute approximate surface area is 107 Å². The molecule has 1 aliphatic rings. The van der Waals surface area contributed by atoms with E-state index >= 15 is 0 Å². The van der Waals surface area contributed by atoms with Crippen molar-refractivity contribution in [2.45, 2.75) is 37.0 Å². The van der Waals surface area contributed by atoms with Crippen molar-refractivity contribution < 1.29 is 18.3 Å².